The van der Waals surface area contributed by atoms with Gasteiger partial charge in [-0.15, -0.1) is 0 Å². The van der Waals surface area contributed by atoms with Crippen molar-refractivity contribution in [3.8, 4) is 0 Å². The fraction of sp³-hybridized carbons (Fsp3) is 0.538. The highest BCUT2D eigenvalue weighted by Gasteiger charge is 2.14. The molecule has 0 bridgehead atoms. The minimum Gasteiger partial charge on any atom is -0.399 e. The maximum absolute atomic E-state index is 11.5. The minimum atomic E-state index is -3.76. The summed E-state index contributed by atoms with van der Waals surface area (Å²) in [7, 11) is -3.76. The highest BCUT2D eigenvalue weighted by molar-refractivity contribution is 7.89. The topological polar surface area (TPSA) is 101 Å². The van der Waals surface area contributed by atoms with E-state index in [0.29, 0.717) is 17.9 Å². The van der Waals surface area contributed by atoms with E-state index in [1.54, 1.807) is 12.1 Å². The summed E-state index contributed by atoms with van der Waals surface area (Å²) in [6.45, 7) is 4.09. The third kappa shape index (κ3) is 4.09. The average molecular weight is 298 g/mol. The summed E-state index contributed by atoms with van der Waals surface area (Å²) in [6.07, 6.45) is 3.52. The van der Waals surface area contributed by atoms with Crippen LogP contribution < -0.4 is 16.2 Å². The number of hydrogen-bond acceptors (Lipinski definition) is 5. The minimum absolute atomic E-state index is 0.0543. The molecule has 1 saturated heterocycles. The van der Waals surface area contributed by atoms with Crippen LogP contribution in [0.15, 0.2) is 23.1 Å². The maximum Gasteiger partial charge on any atom is 0.240 e. The third-order valence-corrected chi connectivity index (χ3v) is 4.43. The van der Waals surface area contributed by atoms with Gasteiger partial charge in [0.2, 0.25) is 10.0 Å². The molecule has 0 unspecified atom stereocenters. The van der Waals surface area contributed by atoms with Crippen LogP contribution in [0.3, 0.4) is 0 Å². The molecule has 2 rings (SSSR count). The van der Waals surface area contributed by atoms with Gasteiger partial charge in [0.25, 0.3) is 0 Å². The van der Waals surface area contributed by atoms with Gasteiger partial charge in [0.15, 0.2) is 0 Å². The molecule has 0 spiro atoms. The van der Waals surface area contributed by atoms with Crippen LogP contribution in [0.5, 0.6) is 0 Å². The van der Waals surface area contributed by atoms with Gasteiger partial charge in [-0.1, -0.05) is 0 Å². The Bertz CT molecular complexity index is 553. The first-order valence-electron chi connectivity index (χ1n) is 6.85. The van der Waals surface area contributed by atoms with Crippen LogP contribution >= 0.6 is 0 Å². The van der Waals surface area contributed by atoms with E-state index in [0.717, 1.165) is 13.0 Å². The number of nitrogen functional groups attached to an aromatic ring is 1. The lowest BCUT2D eigenvalue weighted by molar-refractivity contribution is 0.337. The number of anilines is 2. The molecular formula is C13H22N4O2S. The summed E-state index contributed by atoms with van der Waals surface area (Å²) in [5.74, 6) is 0. The lowest BCUT2D eigenvalue weighted by Gasteiger charge is -2.15. The molecule has 20 heavy (non-hydrogen) atoms. The Balaban J connectivity index is 1.92. The molecule has 6 nitrogen and oxygen atoms in total. The predicted molar refractivity (Wildman–Crippen MR) is 81.0 cm³/mol. The first-order valence-corrected chi connectivity index (χ1v) is 8.40. The van der Waals surface area contributed by atoms with Gasteiger partial charge in [0, 0.05) is 12.2 Å². The molecule has 1 fully saturated rings. The normalized spacial score (nSPS) is 16.4. The zero-order valence-electron chi connectivity index (χ0n) is 11.5. The van der Waals surface area contributed by atoms with Gasteiger partial charge < -0.3 is 16.0 Å². The van der Waals surface area contributed by atoms with Crippen LogP contribution in [0, 0.1) is 0 Å². The van der Waals surface area contributed by atoms with Crippen LogP contribution in [0.4, 0.5) is 11.4 Å². The monoisotopic (exact) mass is 298 g/mol. The van der Waals surface area contributed by atoms with Gasteiger partial charge in [-0.2, -0.15) is 0 Å². The third-order valence-electron chi connectivity index (χ3n) is 3.48. The maximum atomic E-state index is 11.5. The zero-order chi connectivity index (χ0) is 14.6. The number of nitrogens with two attached hydrogens (primary N) is 2. The van der Waals surface area contributed by atoms with Crippen LogP contribution in [0.2, 0.25) is 0 Å². The van der Waals surface area contributed by atoms with Crippen LogP contribution in [-0.2, 0) is 10.0 Å². The summed E-state index contributed by atoms with van der Waals surface area (Å²) in [5.41, 5.74) is 6.51. The Kier molecular flexibility index (Phi) is 4.85. The summed E-state index contributed by atoms with van der Waals surface area (Å²) < 4.78 is 23.0. The molecule has 7 heteroatoms. The Morgan fingerprint density at radius 1 is 1.25 bits per heavy atom. The second kappa shape index (κ2) is 6.43. The van der Waals surface area contributed by atoms with Gasteiger partial charge in [-0.3, -0.25) is 0 Å². The predicted octanol–water partition coefficient (Wildman–Crippen LogP) is 0.814. The molecule has 0 aliphatic carbocycles. The first-order chi connectivity index (χ1) is 9.47. The van der Waals surface area contributed by atoms with Crippen molar-refractivity contribution >= 4 is 21.4 Å². The number of sulfonamides is 1. The molecule has 1 aliphatic heterocycles. The molecule has 0 radical (unpaired) electrons. The van der Waals surface area contributed by atoms with E-state index in [4.69, 9.17) is 10.9 Å². The Morgan fingerprint density at radius 2 is 1.95 bits per heavy atom. The van der Waals surface area contributed by atoms with Gasteiger partial charge >= 0.3 is 0 Å². The fourth-order valence-corrected chi connectivity index (χ4v) is 3.20. The molecule has 1 heterocycles. The number of rotatable bonds is 6. The largest absolute Gasteiger partial charge is 0.399 e. The number of benzene rings is 1. The van der Waals surface area contributed by atoms with E-state index in [1.807, 2.05) is 0 Å². The fourth-order valence-electron chi connectivity index (χ4n) is 2.45. The Morgan fingerprint density at radius 3 is 2.60 bits per heavy atom. The van der Waals surface area contributed by atoms with Crippen molar-refractivity contribution in [3.05, 3.63) is 18.2 Å². The summed E-state index contributed by atoms with van der Waals surface area (Å²) >= 11 is 0. The number of nitrogens with one attached hydrogen (secondary N) is 1. The quantitative estimate of drug-likeness (QED) is 0.533. The molecule has 112 valence electrons. The lowest BCUT2D eigenvalue weighted by atomic mass is 10.2. The van der Waals surface area contributed by atoms with Crippen LogP contribution in [0.25, 0.3) is 0 Å². The second-order valence-electron chi connectivity index (χ2n) is 5.13. The Hall–Kier alpha value is -1.31. The molecular weight excluding hydrogens is 276 g/mol. The summed E-state index contributed by atoms with van der Waals surface area (Å²) in [5, 5.41) is 8.33. The standard InChI is InChI=1S/C13H22N4O2S/c14-11-4-5-12(13(10-11)20(15,18)19)16-6-3-9-17-7-1-2-8-17/h4-5,10,16H,1-3,6-9,14H2,(H2,15,18,19). The van der Waals surface area contributed by atoms with Crippen LogP contribution in [-0.4, -0.2) is 39.5 Å². The number of nitrogens with zero attached hydrogens (tertiary/aromatic N) is 1. The van der Waals surface area contributed by atoms with E-state index in [-0.39, 0.29) is 4.90 Å². The van der Waals surface area contributed by atoms with Gasteiger partial charge in [-0.05, 0) is 57.1 Å². The highest BCUT2D eigenvalue weighted by atomic mass is 32.2. The second-order valence-corrected chi connectivity index (χ2v) is 6.66. The number of hydrogen-bond donors (Lipinski definition) is 3. The summed E-state index contributed by atoms with van der Waals surface area (Å²) in [4.78, 5) is 2.48. The molecule has 0 saturated carbocycles. The first kappa shape index (κ1) is 15.1. The van der Waals surface area contributed by atoms with E-state index in [2.05, 4.69) is 10.2 Å². The molecule has 0 atom stereocenters. The zero-order valence-corrected chi connectivity index (χ0v) is 12.3. The molecule has 0 aromatic heterocycles. The number of primary sulfonamides is 1. The molecule has 0 amide bonds. The Labute approximate surface area is 120 Å². The highest BCUT2D eigenvalue weighted by Crippen LogP contribution is 2.22. The van der Waals surface area contributed by atoms with Crippen molar-refractivity contribution in [2.45, 2.75) is 24.2 Å². The van der Waals surface area contributed by atoms with Crippen molar-refractivity contribution < 1.29 is 8.42 Å². The van der Waals surface area contributed by atoms with Gasteiger partial charge in [0.1, 0.15) is 4.90 Å². The smallest absolute Gasteiger partial charge is 0.240 e. The van der Waals surface area contributed by atoms with Crippen molar-refractivity contribution in [1.29, 1.82) is 0 Å². The molecule has 5 N–H and O–H groups in total. The van der Waals surface area contributed by atoms with E-state index < -0.39 is 10.0 Å². The van der Waals surface area contributed by atoms with Crippen molar-refractivity contribution in [2.75, 3.05) is 37.2 Å². The van der Waals surface area contributed by atoms with Crippen molar-refractivity contribution in [2.24, 2.45) is 5.14 Å². The number of likely N-dealkylation sites (tertiary alicyclic amines) is 1. The van der Waals surface area contributed by atoms with Crippen molar-refractivity contribution in [1.82, 2.24) is 4.90 Å². The van der Waals surface area contributed by atoms with Gasteiger partial charge in [0.05, 0.1) is 5.69 Å². The van der Waals surface area contributed by atoms with Gasteiger partial charge in [-0.25, -0.2) is 13.6 Å². The SMILES string of the molecule is Nc1ccc(NCCCN2CCCC2)c(S(N)(=O)=O)c1. The molecule has 1 aliphatic rings. The lowest BCUT2D eigenvalue weighted by Crippen LogP contribution is -2.22. The van der Waals surface area contributed by atoms with E-state index >= 15 is 0 Å². The van der Waals surface area contributed by atoms with Crippen molar-refractivity contribution in [3.63, 3.8) is 0 Å². The van der Waals surface area contributed by atoms with Crippen LogP contribution in [0.1, 0.15) is 19.3 Å². The molecule has 1 aromatic rings. The average Bonchev–Trinajstić information content (AvgIpc) is 2.88. The molecule has 1 aromatic carbocycles. The van der Waals surface area contributed by atoms with E-state index in [1.165, 1.54) is 32.0 Å². The summed E-state index contributed by atoms with van der Waals surface area (Å²) in [6, 6.07) is 4.71. The van der Waals surface area contributed by atoms with E-state index in [9.17, 15) is 8.42 Å².